The Morgan fingerprint density at radius 1 is 1.39 bits per heavy atom. The first-order chi connectivity index (χ1) is 8.63. The van der Waals surface area contributed by atoms with E-state index < -0.39 is 0 Å². The highest BCUT2D eigenvalue weighted by atomic mass is 79.9. The topological polar surface area (TPSA) is 42.2 Å². The second-order valence-corrected chi connectivity index (χ2v) is 4.74. The molecule has 1 N–H and O–H groups in total. The predicted octanol–water partition coefficient (Wildman–Crippen LogP) is 4.17. The molecule has 1 aromatic heterocycles. The monoisotopic (exact) mass is 307 g/mol. The average Bonchev–Trinajstić information content (AvgIpc) is 2.78. The fourth-order valence-electron chi connectivity index (χ4n) is 1.84. The molecule has 0 aliphatic rings. The van der Waals surface area contributed by atoms with Crippen LogP contribution in [0.2, 0.25) is 0 Å². The van der Waals surface area contributed by atoms with E-state index in [1.165, 1.54) is 6.26 Å². The summed E-state index contributed by atoms with van der Waals surface area (Å²) in [6.45, 7) is 4.05. The zero-order chi connectivity index (χ0) is 13.1. The fourth-order valence-corrected chi connectivity index (χ4v) is 2.26. The predicted molar refractivity (Wildman–Crippen MR) is 74.9 cm³/mol. The van der Waals surface area contributed by atoms with Gasteiger partial charge in [0.25, 0.3) is 5.91 Å². The van der Waals surface area contributed by atoms with E-state index in [-0.39, 0.29) is 5.91 Å². The van der Waals surface area contributed by atoms with Gasteiger partial charge in [-0.25, -0.2) is 0 Å². The number of furan rings is 1. The molecule has 2 aromatic rings. The van der Waals surface area contributed by atoms with Crippen molar-refractivity contribution in [2.24, 2.45) is 0 Å². The smallest absolute Gasteiger partial charge is 0.260 e. The first kappa shape index (κ1) is 12.9. The van der Waals surface area contributed by atoms with Crippen LogP contribution in [0.3, 0.4) is 0 Å². The van der Waals surface area contributed by atoms with Crippen LogP contribution >= 0.6 is 15.9 Å². The molecule has 0 radical (unpaired) electrons. The minimum atomic E-state index is -0.167. The lowest BCUT2D eigenvalue weighted by atomic mass is 10.1. The number of rotatable bonds is 3. The Balaban J connectivity index is 2.30. The Hall–Kier alpha value is -1.55. The van der Waals surface area contributed by atoms with Gasteiger partial charge in [0.15, 0.2) is 4.67 Å². The maximum absolute atomic E-state index is 12.1. The summed E-state index contributed by atoms with van der Waals surface area (Å²) in [7, 11) is 0. The first-order valence-corrected chi connectivity index (χ1v) is 6.55. The molecule has 0 aliphatic carbocycles. The Kier molecular flexibility index (Phi) is 3.87. The summed E-state index contributed by atoms with van der Waals surface area (Å²) in [5.41, 5.74) is 3.57. The van der Waals surface area contributed by atoms with E-state index in [0.29, 0.717) is 10.2 Å². The molecule has 3 nitrogen and oxygen atoms in total. The van der Waals surface area contributed by atoms with Gasteiger partial charge in [0.2, 0.25) is 0 Å². The van der Waals surface area contributed by atoms with Crippen LogP contribution in [0.5, 0.6) is 0 Å². The summed E-state index contributed by atoms with van der Waals surface area (Å²) >= 11 is 3.21. The largest absolute Gasteiger partial charge is 0.457 e. The van der Waals surface area contributed by atoms with Gasteiger partial charge >= 0.3 is 0 Å². The van der Waals surface area contributed by atoms with E-state index in [1.54, 1.807) is 6.07 Å². The quantitative estimate of drug-likeness (QED) is 0.925. The van der Waals surface area contributed by atoms with Crippen molar-refractivity contribution >= 4 is 27.5 Å². The van der Waals surface area contributed by atoms with Crippen LogP contribution in [0.4, 0.5) is 5.69 Å². The Morgan fingerprint density at radius 2 is 2.17 bits per heavy atom. The summed E-state index contributed by atoms with van der Waals surface area (Å²) in [5.74, 6) is -0.167. The highest BCUT2D eigenvalue weighted by molar-refractivity contribution is 9.10. The molecule has 0 saturated carbocycles. The van der Waals surface area contributed by atoms with Crippen LogP contribution < -0.4 is 5.32 Å². The molecule has 1 heterocycles. The number of halogens is 1. The second kappa shape index (κ2) is 5.40. The molecular weight excluding hydrogens is 294 g/mol. The summed E-state index contributed by atoms with van der Waals surface area (Å²) in [4.78, 5) is 12.1. The summed E-state index contributed by atoms with van der Waals surface area (Å²) < 4.78 is 5.52. The van der Waals surface area contributed by atoms with Crippen molar-refractivity contribution in [3.05, 3.63) is 51.9 Å². The number of anilines is 1. The third-order valence-electron chi connectivity index (χ3n) is 2.84. The van der Waals surface area contributed by atoms with Crippen molar-refractivity contribution in [2.75, 3.05) is 5.32 Å². The van der Waals surface area contributed by atoms with Crippen LogP contribution in [-0.4, -0.2) is 5.91 Å². The lowest BCUT2D eigenvalue weighted by Gasteiger charge is -2.12. The molecule has 0 spiro atoms. The molecular formula is C14H14BrNO2. The van der Waals surface area contributed by atoms with E-state index in [2.05, 4.69) is 28.2 Å². The molecule has 0 bridgehead atoms. The maximum Gasteiger partial charge on any atom is 0.260 e. The van der Waals surface area contributed by atoms with Gasteiger partial charge in [-0.3, -0.25) is 4.79 Å². The van der Waals surface area contributed by atoms with Gasteiger partial charge in [-0.05, 0) is 46.5 Å². The zero-order valence-electron chi connectivity index (χ0n) is 10.3. The van der Waals surface area contributed by atoms with Crippen LogP contribution in [0.1, 0.15) is 28.4 Å². The molecule has 4 heteroatoms. The normalized spacial score (nSPS) is 10.4. The minimum Gasteiger partial charge on any atom is -0.457 e. The van der Waals surface area contributed by atoms with Gasteiger partial charge in [0, 0.05) is 5.69 Å². The lowest BCUT2D eigenvalue weighted by molar-refractivity contribution is 0.102. The van der Waals surface area contributed by atoms with Gasteiger partial charge in [-0.1, -0.05) is 25.1 Å². The number of amides is 1. The van der Waals surface area contributed by atoms with Crippen molar-refractivity contribution in [2.45, 2.75) is 20.3 Å². The molecule has 0 unspecified atom stereocenters. The molecule has 0 atom stereocenters. The zero-order valence-corrected chi connectivity index (χ0v) is 11.9. The highest BCUT2D eigenvalue weighted by Gasteiger charge is 2.15. The molecule has 1 aromatic carbocycles. The number of carbonyl (C=O) groups excluding carboxylic acids is 1. The van der Waals surface area contributed by atoms with E-state index in [4.69, 9.17) is 4.42 Å². The van der Waals surface area contributed by atoms with Gasteiger partial charge < -0.3 is 9.73 Å². The third-order valence-corrected chi connectivity index (χ3v) is 3.46. The number of nitrogens with one attached hydrogen (secondary N) is 1. The SMILES string of the molecule is CCc1cccc(C)c1NC(=O)c1ccoc1Br. The van der Waals surface area contributed by atoms with Crippen LogP contribution in [0, 0.1) is 6.92 Å². The van der Waals surface area contributed by atoms with Crippen molar-refractivity contribution in [3.8, 4) is 0 Å². The Labute approximate surface area is 114 Å². The van der Waals surface area contributed by atoms with Crippen molar-refractivity contribution in [1.82, 2.24) is 0 Å². The van der Waals surface area contributed by atoms with Gasteiger partial charge in [-0.2, -0.15) is 0 Å². The Morgan fingerprint density at radius 3 is 2.78 bits per heavy atom. The first-order valence-electron chi connectivity index (χ1n) is 5.76. The maximum atomic E-state index is 12.1. The second-order valence-electron chi connectivity index (χ2n) is 4.02. The third kappa shape index (κ3) is 2.48. The number of para-hydroxylation sites is 1. The van der Waals surface area contributed by atoms with E-state index in [9.17, 15) is 4.79 Å². The van der Waals surface area contributed by atoms with Gasteiger partial charge in [-0.15, -0.1) is 0 Å². The molecule has 0 saturated heterocycles. The Bertz CT molecular complexity index is 575. The highest BCUT2D eigenvalue weighted by Crippen LogP contribution is 2.24. The molecule has 18 heavy (non-hydrogen) atoms. The standard InChI is InChI=1S/C14H14BrNO2/c1-3-10-6-4-5-9(2)12(10)16-14(17)11-7-8-18-13(11)15/h4-8H,3H2,1-2H3,(H,16,17). The number of hydrogen-bond donors (Lipinski definition) is 1. The molecule has 0 fully saturated rings. The molecule has 2 rings (SSSR count). The molecule has 1 amide bonds. The number of benzene rings is 1. The van der Waals surface area contributed by atoms with Crippen LogP contribution in [0.25, 0.3) is 0 Å². The number of aryl methyl sites for hydroxylation is 2. The van der Waals surface area contributed by atoms with Gasteiger partial charge in [0.05, 0.1) is 11.8 Å². The van der Waals surface area contributed by atoms with E-state index >= 15 is 0 Å². The number of carbonyl (C=O) groups is 1. The average molecular weight is 308 g/mol. The molecule has 0 aliphatic heterocycles. The minimum absolute atomic E-state index is 0.167. The summed E-state index contributed by atoms with van der Waals surface area (Å²) in [5, 5.41) is 2.94. The van der Waals surface area contributed by atoms with Crippen molar-refractivity contribution in [3.63, 3.8) is 0 Å². The lowest BCUT2D eigenvalue weighted by Crippen LogP contribution is -2.14. The van der Waals surface area contributed by atoms with Crippen molar-refractivity contribution < 1.29 is 9.21 Å². The summed E-state index contributed by atoms with van der Waals surface area (Å²) in [6.07, 6.45) is 2.36. The number of hydrogen-bond acceptors (Lipinski definition) is 2. The van der Waals surface area contributed by atoms with Gasteiger partial charge in [0.1, 0.15) is 0 Å². The fraction of sp³-hybridized carbons (Fsp3) is 0.214. The van der Waals surface area contributed by atoms with Crippen molar-refractivity contribution in [1.29, 1.82) is 0 Å². The van der Waals surface area contributed by atoms with E-state index in [1.807, 2.05) is 25.1 Å². The summed E-state index contributed by atoms with van der Waals surface area (Å²) in [6, 6.07) is 7.65. The van der Waals surface area contributed by atoms with Crippen LogP contribution in [0.15, 0.2) is 39.6 Å². The van der Waals surface area contributed by atoms with E-state index in [0.717, 1.165) is 23.2 Å². The molecule has 94 valence electrons. The van der Waals surface area contributed by atoms with Crippen LogP contribution in [-0.2, 0) is 6.42 Å².